The molecule has 2 N–H and O–H groups in total. The summed E-state index contributed by atoms with van der Waals surface area (Å²) >= 11 is 6.07. The van der Waals surface area contributed by atoms with E-state index in [4.69, 9.17) is 25.8 Å². The van der Waals surface area contributed by atoms with E-state index >= 15 is 0 Å². The maximum Gasteiger partial charge on any atom is 0.258 e. The average Bonchev–Trinajstić information content (AvgIpc) is 3.12. The number of hydrogen-bond donors (Lipinski definition) is 2. The van der Waals surface area contributed by atoms with E-state index in [1.807, 2.05) is 0 Å². The summed E-state index contributed by atoms with van der Waals surface area (Å²) in [6.07, 6.45) is 1.99. The summed E-state index contributed by atoms with van der Waals surface area (Å²) in [7, 11) is -2.20. The fraction of sp³-hybridized carbons (Fsp3) is 0.562. The van der Waals surface area contributed by atoms with Gasteiger partial charge >= 0.3 is 0 Å². The van der Waals surface area contributed by atoms with Crippen LogP contribution in [-0.2, 0) is 24.3 Å². The van der Waals surface area contributed by atoms with Crippen LogP contribution in [0.4, 0.5) is 0 Å². The Labute approximate surface area is 158 Å². The van der Waals surface area contributed by atoms with Gasteiger partial charge in [0.1, 0.15) is 5.75 Å². The molecule has 1 aliphatic heterocycles. The van der Waals surface area contributed by atoms with Crippen molar-refractivity contribution in [2.45, 2.75) is 23.8 Å². The summed E-state index contributed by atoms with van der Waals surface area (Å²) < 4.78 is 42.2. The van der Waals surface area contributed by atoms with Gasteiger partial charge in [0.15, 0.2) is 6.61 Å². The standard InChI is InChI=1S/C16H23ClN2O6S/c1-23-8-6-19-26(21,22)13-4-5-15(14(17)9-13)25-11-16(20)18-10-12-3-2-7-24-12/h4-5,9,12,19H,2-3,6-8,10-11H2,1H3,(H,18,20). The van der Waals surface area contributed by atoms with Crippen molar-refractivity contribution in [3.05, 3.63) is 23.2 Å². The third-order valence-electron chi connectivity index (χ3n) is 3.72. The molecule has 1 aromatic carbocycles. The first-order valence-electron chi connectivity index (χ1n) is 8.21. The Morgan fingerprint density at radius 2 is 2.23 bits per heavy atom. The second-order valence-electron chi connectivity index (χ2n) is 5.71. The molecule has 1 aliphatic rings. The molecule has 1 saturated heterocycles. The normalized spacial score (nSPS) is 17.2. The molecule has 0 radical (unpaired) electrons. The smallest absolute Gasteiger partial charge is 0.258 e. The van der Waals surface area contributed by atoms with Crippen LogP contribution in [0.15, 0.2) is 23.1 Å². The summed E-state index contributed by atoms with van der Waals surface area (Å²) in [5.41, 5.74) is 0. The van der Waals surface area contributed by atoms with Crippen molar-refractivity contribution in [2.75, 3.05) is 40.0 Å². The lowest BCUT2D eigenvalue weighted by Gasteiger charge is -2.12. The van der Waals surface area contributed by atoms with Crippen LogP contribution in [0, 0.1) is 0 Å². The molecule has 0 bridgehead atoms. The van der Waals surface area contributed by atoms with Gasteiger partial charge in [-0.1, -0.05) is 11.6 Å². The summed E-state index contributed by atoms with van der Waals surface area (Å²) in [6, 6.07) is 4.05. The first-order chi connectivity index (χ1) is 12.4. The van der Waals surface area contributed by atoms with E-state index in [1.54, 1.807) is 0 Å². The van der Waals surface area contributed by atoms with E-state index in [9.17, 15) is 13.2 Å². The van der Waals surface area contributed by atoms with Crippen LogP contribution in [0.5, 0.6) is 5.75 Å². The van der Waals surface area contributed by atoms with Gasteiger partial charge in [0, 0.05) is 26.8 Å². The van der Waals surface area contributed by atoms with Crippen molar-refractivity contribution in [3.8, 4) is 5.75 Å². The molecule has 1 atom stereocenters. The number of nitrogens with one attached hydrogen (secondary N) is 2. The number of amides is 1. The Balaban J connectivity index is 1.85. The minimum Gasteiger partial charge on any atom is -0.482 e. The van der Waals surface area contributed by atoms with Gasteiger partial charge < -0.3 is 19.5 Å². The van der Waals surface area contributed by atoms with E-state index in [0.717, 1.165) is 19.4 Å². The molecule has 8 nitrogen and oxygen atoms in total. The van der Waals surface area contributed by atoms with Crippen LogP contribution in [0.3, 0.4) is 0 Å². The number of carbonyl (C=O) groups excluding carboxylic acids is 1. The number of hydrogen-bond acceptors (Lipinski definition) is 6. The molecule has 1 amide bonds. The second-order valence-corrected chi connectivity index (χ2v) is 7.88. The minimum absolute atomic E-state index is 0.00814. The molecule has 1 aromatic rings. The van der Waals surface area contributed by atoms with Crippen molar-refractivity contribution in [1.82, 2.24) is 10.0 Å². The van der Waals surface area contributed by atoms with Crippen LogP contribution < -0.4 is 14.8 Å². The first kappa shape index (κ1) is 20.9. The number of carbonyl (C=O) groups is 1. The molecule has 2 rings (SSSR count). The lowest BCUT2D eigenvalue weighted by Crippen LogP contribution is -2.35. The van der Waals surface area contributed by atoms with Crippen molar-refractivity contribution in [3.63, 3.8) is 0 Å². The number of ether oxygens (including phenoxy) is 3. The van der Waals surface area contributed by atoms with Gasteiger partial charge in [0.25, 0.3) is 5.91 Å². The fourth-order valence-corrected chi connectivity index (χ4v) is 3.69. The maximum atomic E-state index is 12.1. The van der Waals surface area contributed by atoms with Crippen LogP contribution >= 0.6 is 11.6 Å². The minimum atomic E-state index is -3.68. The molecule has 0 saturated carbocycles. The van der Waals surface area contributed by atoms with Crippen molar-refractivity contribution in [1.29, 1.82) is 0 Å². The zero-order valence-electron chi connectivity index (χ0n) is 14.5. The predicted octanol–water partition coefficient (Wildman–Crippen LogP) is 0.939. The van der Waals surface area contributed by atoms with Crippen LogP contribution in [0.25, 0.3) is 0 Å². The van der Waals surface area contributed by atoms with Crippen LogP contribution in [0.1, 0.15) is 12.8 Å². The zero-order chi connectivity index (χ0) is 19.0. The molecule has 1 heterocycles. The fourth-order valence-electron chi connectivity index (χ4n) is 2.35. The molecule has 1 fully saturated rings. The van der Waals surface area contributed by atoms with Gasteiger partial charge in [-0.05, 0) is 31.0 Å². The van der Waals surface area contributed by atoms with Gasteiger partial charge in [0.2, 0.25) is 10.0 Å². The average molecular weight is 407 g/mol. The molecular formula is C16H23ClN2O6S. The Morgan fingerprint density at radius 1 is 1.42 bits per heavy atom. The van der Waals surface area contributed by atoms with E-state index in [-0.39, 0.29) is 47.4 Å². The molecule has 0 aliphatic carbocycles. The Morgan fingerprint density at radius 3 is 2.88 bits per heavy atom. The predicted molar refractivity (Wildman–Crippen MR) is 96.0 cm³/mol. The molecule has 0 spiro atoms. The number of methoxy groups -OCH3 is 1. The van der Waals surface area contributed by atoms with Gasteiger partial charge in [-0.3, -0.25) is 4.79 Å². The summed E-state index contributed by atoms with van der Waals surface area (Å²) in [4.78, 5) is 11.8. The number of rotatable bonds is 10. The Bertz CT molecular complexity index is 707. The lowest BCUT2D eigenvalue weighted by atomic mass is 10.2. The van der Waals surface area contributed by atoms with Gasteiger partial charge in [0.05, 0.1) is 22.6 Å². The highest BCUT2D eigenvalue weighted by atomic mass is 35.5. The summed E-state index contributed by atoms with van der Waals surface area (Å²) in [5, 5.41) is 2.83. The first-order valence-corrected chi connectivity index (χ1v) is 10.1. The molecule has 1 unspecified atom stereocenters. The van der Waals surface area contributed by atoms with Crippen molar-refractivity contribution < 1.29 is 27.4 Å². The zero-order valence-corrected chi connectivity index (χ0v) is 16.1. The number of sulfonamides is 1. The van der Waals surface area contributed by atoms with Crippen molar-refractivity contribution >= 4 is 27.5 Å². The summed E-state index contributed by atoms with van der Waals surface area (Å²) in [5.74, 6) is -0.0655. The molecule has 0 aromatic heterocycles. The van der Waals surface area contributed by atoms with Crippen LogP contribution in [0.2, 0.25) is 5.02 Å². The lowest BCUT2D eigenvalue weighted by molar-refractivity contribution is -0.123. The van der Waals surface area contributed by atoms with E-state index in [1.165, 1.54) is 25.3 Å². The number of benzene rings is 1. The third kappa shape index (κ3) is 6.40. The van der Waals surface area contributed by atoms with Gasteiger partial charge in [-0.25, -0.2) is 13.1 Å². The molecular weight excluding hydrogens is 384 g/mol. The Kier molecular flexibility index (Phi) is 8.11. The quantitative estimate of drug-likeness (QED) is 0.560. The second kappa shape index (κ2) is 10.1. The summed E-state index contributed by atoms with van der Waals surface area (Å²) in [6.45, 7) is 1.36. The molecule has 26 heavy (non-hydrogen) atoms. The monoisotopic (exact) mass is 406 g/mol. The largest absolute Gasteiger partial charge is 0.482 e. The van der Waals surface area contributed by atoms with Gasteiger partial charge in [-0.15, -0.1) is 0 Å². The topological polar surface area (TPSA) is 103 Å². The third-order valence-corrected chi connectivity index (χ3v) is 5.48. The van der Waals surface area contributed by atoms with Gasteiger partial charge in [-0.2, -0.15) is 0 Å². The Hall–Kier alpha value is -1.39. The highest BCUT2D eigenvalue weighted by Crippen LogP contribution is 2.27. The van der Waals surface area contributed by atoms with Crippen LogP contribution in [-0.4, -0.2) is 60.4 Å². The van der Waals surface area contributed by atoms with E-state index < -0.39 is 10.0 Å². The van der Waals surface area contributed by atoms with Crippen molar-refractivity contribution in [2.24, 2.45) is 0 Å². The molecule has 146 valence electrons. The van der Waals surface area contributed by atoms with E-state index in [2.05, 4.69) is 10.0 Å². The SMILES string of the molecule is COCCNS(=O)(=O)c1ccc(OCC(=O)NCC2CCCO2)c(Cl)c1. The maximum absolute atomic E-state index is 12.1. The highest BCUT2D eigenvalue weighted by molar-refractivity contribution is 7.89. The van der Waals surface area contributed by atoms with E-state index in [0.29, 0.717) is 6.54 Å². The number of halogens is 1. The highest BCUT2D eigenvalue weighted by Gasteiger charge is 2.18. The molecule has 10 heteroatoms.